The standard InChI is InChI=1S/C18H21N5O4/c1-11-4-5-12(9-13(11)23-7-6-19-18(23)25)16(24)20-10-15-21-17(27-22-15)14-3-2-8-26-14/h4-5,9,14H,2-3,6-8,10H2,1H3,(H,19,25)(H,20,24). The van der Waals surface area contributed by atoms with E-state index in [0.29, 0.717) is 37.0 Å². The maximum Gasteiger partial charge on any atom is 0.322 e. The number of nitrogens with one attached hydrogen (secondary N) is 2. The van der Waals surface area contributed by atoms with Gasteiger partial charge >= 0.3 is 6.03 Å². The summed E-state index contributed by atoms with van der Waals surface area (Å²) < 4.78 is 10.7. The third-order valence-corrected chi connectivity index (χ3v) is 4.71. The van der Waals surface area contributed by atoms with Gasteiger partial charge in [0, 0.05) is 30.9 Å². The number of carbonyl (C=O) groups excluding carboxylic acids is 2. The zero-order chi connectivity index (χ0) is 18.8. The fraction of sp³-hybridized carbons (Fsp3) is 0.444. The summed E-state index contributed by atoms with van der Waals surface area (Å²) in [5, 5.41) is 9.44. The van der Waals surface area contributed by atoms with Gasteiger partial charge in [-0.2, -0.15) is 4.98 Å². The lowest BCUT2D eigenvalue weighted by atomic mass is 10.1. The number of hydrogen-bond acceptors (Lipinski definition) is 6. The highest BCUT2D eigenvalue weighted by Gasteiger charge is 2.25. The molecule has 3 heterocycles. The molecule has 0 spiro atoms. The van der Waals surface area contributed by atoms with E-state index in [1.807, 2.05) is 13.0 Å². The molecule has 3 amide bonds. The second kappa shape index (κ2) is 7.36. The quantitative estimate of drug-likeness (QED) is 0.828. The van der Waals surface area contributed by atoms with E-state index in [4.69, 9.17) is 9.26 Å². The molecule has 0 radical (unpaired) electrons. The van der Waals surface area contributed by atoms with Gasteiger partial charge in [-0.1, -0.05) is 11.2 Å². The molecule has 1 unspecified atom stereocenters. The largest absolute Gasteiger partial charge is 0.368 e. The molecule has 2 aromatic rings. The molecular weight excluding hydrogens is 350 g/mol. The molecule has 9 nitrogen and oxygen atoms in total. The average Bonchev–Trinajstić information content (AvgIpc) is 3.41. The molecule has 2 saturated heterocycles. The van der Waals surface area contributed by atoms with Crippen LogP contribution in [0.2, 0.25) is 0 Å². The van der Waals surface area contributed by atoms with Crippen LogP contribution in [0.1, 0.15) is 46.6 Å². The van der Waals surface area contributed by atoms with Gasteiger partial charge in [-0.25, -0.2) is 4.79 Å². The monoisotopic (exact) mass is 371 g/mol. The Bertz CT molecular complexity index is 859. The van der Waals surface area contributed by atoms with Crippen LogP contribution in [0.4, 0.5) is 10.5 Å². The lowest BCUT2D eigenvalue weighted by Gasteiger charge is -2.18. The summed E-state index contributed by atoms with van der Waals surface area (Å²) in [6, 6.07) is 5.14. The van der Waals surface area contributed by atoms with Crippen LogP contribution in [-0.2, 0) is 11.3 Å². The number of nitrogens with zero attached hydrogens (tertiary/aromatic N) is 3. The van der Waals surface area contributed by atoms with Crippen molar-refractivity contribution in [3.05, 3.63) is 41.0 Å². The smallest absolute Gasteiger partial charge is 0.322 e. The first-order chi connectivity index (χ1) is 13.1. The van der Waals surface area contributed by atoms with E-state index in [2.05, 4.69) is 20.8 Å². The number of anilines is 1. The molecule has 2 aliphatic heterocycles. The minimum Gasteiger partial charge on any atom is -0.368 e. The van der Waals surface area contributed by atoms with Gasteiger partial charge in [0.2, 0.25) is 0 Å². The molecule has 2 N–H and O–H groups in total. The highest BCUT2D eigenvalue weighted by Crippen LogP contribution is 2.27. The molecule has 1 aromatic heterocycles. The molecule has 9 heteroatoms. The Morgan fingerprint density at radius 3 is 3.07 bits per heavy atom. The Morgan fingerprint density at radius 2 is 2.33 bits per heavy atom. The fourth-order valence-electron chi connectivity index (χ4n) is 3.25. The summed E-state index contributed by atoms with van der Waals surface area (Å²) >= 11 is 0. The van der Waals surface area contributed by atoms with Crippen molar-refractivity contribution in [2.45, 2.75) is 32.4 Å². The third kappa shape index (κ3) is 3.63. The predicted molar refractivity (Wildman–Crippen MR) is 95.3 cm³/mol. The van der Waals surface area contributed by atoms with Gasteiger partial charge in [0.05, 0.1) is 6.54 Å². The van der Waals surface area contributed by atoms with Crippen LogP contribution in [-0.4, -0.2) is 41.8 Å². The number of benzene rings is 1. The Labute approximate surface area is 156 Å². The van der Waals surface area contributed by atoms with Crippen LogP contribution in [0.5, 0.6) is 0 Å². The van der Waals surface area contributed by atoms with Crippen molar-refractivity contribution >= 4 is 17.6 Å². The minimum atomic E-state index is -0.265. The zero-order valence-corrected chi connectivity index (χ0v) is 15.0. The van der Waals surface area contributed by atoms with E-state index in [1.54, 1.807) is 17.0 Å². The number of hydrogen-bond donors (Lipinski definition) is 2. The number of urea groups is 1. The first-order valence-corrected chi connectivity index (χ1v) is 9.00. The van der Waals surface area contributed by atoms with Crippen molar-refractivity contribution in [2.75, 3.05) is 24.6 Å². The van der Waals surface area contributed by atoms with Gasteiger partial charge in [-0.3, -0.25) is 9.69 Å². The van der Waals surface area contributed by atoms with Crippen molar-refractivity contribution in [3.8, 4) is 0 Å². The van der Waals surface area contributed by atoms with Gasteiger partial charge in [-0.15, -0.1) is 0 Å². The Morgan fingerprint density at radius 1 is 1.44 bits per heavy atom. The van der Waals surface area contributed by atoms with Crippen molar-refractivity contribution in [1.29, 1.82) is 0 Å². The van der Waals surface area contributed by atoms with Crippen LogP contribution in [0, 0.1) is 6.92 Å². The van der Waals surface area contributed by atoms with Crippen LogP contribution >= 0.6 is 0 Å². The Kier molecular flexibility index (Phi) is 4.76. The molecule has 2 fully saturated rings. The molecule has 1 atom stereocenters. The van der Waals surface area contributed by atoms with Crippen molar-refractivity contribution in [1.82, 2.24) is 20.8 Å². The molecule has 0 bridgehead atoms. The second-order valence-corrected chi connectivity index (χ2v) is 6.62. The normalized spacial score (nSPS) is 19.4. The van der Waals surface area contributed by atoms with Gasteiger partial charge in [-0.05, 0) is 37.5 Å². The van der Waals surface area contributed by atoms with Gasteiger partial charge < -0.3 is 19.9 Å². The maximum absolute atomic E-state index is 12.5. The molecule has 2 aliphatic rings. The second-order valence-electron chi connectivity index (χ2n) is 6.62. The number of rotatable bonds is 5. The number of aromatic nitrogens is 2. The number of carbonyl (C=O) groups is 2. The summed E-state index contributed by atoms with van der Waals surface area (Å²) in [6.45, 7) is 3.94. The van der Waals surface area contributed by atoms with Crippen LogP contribution in [0.3, 0.4) is 0 Å². The van der Waals surface area contributed by atoms with Crippen LogP contribution in [0.25, 0.3) is 0 Å². The summed E-state index contributed by atoms with van der Waals surface area (Å²) in [7, 11) is 0. The van der Waals surface area contributed by atoms with Crippen LogP contribution < -0.4 is 15.5 Å². The van der Waals surface area contributed by atoms with Crippen molar-refractivity contribution in [3.63, 3.8) is 0 Å². The van der Waals surface area contributed by atoms with E-state index >= 15 is 0 Å². The minimum absolute atomic E-state index is 0.145. The van der Waals surface area contributed by atoms with E-state index in [0.717, 1.165) is 24.1 Å². The average molecular weight is 371 g/mol. The van der Waals surface area contributed by atoms with E-state index in [-0.39, 0.29) is 24.6 Å². The summed E-state index contributed by atoms with van der Waals surface area (Å²) in [5.41, 5.74) is 2.14. The third-order valence-electron chi connectivity index (χ3n) is 4.71. The van der Waals surface area contributed by atoms with E-state index in [9.17, 15) is 9.59 Å². The molecule has 0 saturated carbocycles. The van der Waals surface area contributed by atoms with Gasteiger partial charge in [0.25, 0.3) is 11.8 Å². The number of aryl methyl sites for hydroxylation is 1. The Balaban J connectivity index is 1.42. The molecule has 142 valence electrons. The summed E-state index contributed by atoms with van der Waals surface area (Å²) in [6.07, 6.45) is 1.70. The summed E-state index contributed by atoms with van der Waals surface area (Å²) in [4.78, 5) is 30.3. The van der Waals surface area contributed by atoms with E-state index in [1.165, 1.54) is 0 Å². The maximum atomic E-state index is 12.5. The fourth-order valence-corrected chi connectivity index (χ4v) is 3.25. The lowest BCUT2D eigenvalue weighted by Crippen LogP contribution is -2.29. The molecular formula is C18H21N5O4. The topological polar surface area (TPSA) is 110 Å². The lowest BCUT2D eigenvalue weighted by molar-refractivity contribution is 0.0835. The molecule has 0 aliphatic carbocycles. The SMILES string of the molecule is Cc1ccc(C(=O)NCc2noc(C3CCCO3)n2)cc1N1CCNC1=O. The first-order valence-electron chi connectivity index (χ1n) is 9.00. The van der Waals surface area contributed by atoms with Crippen molar-refractivity contribution < 1.29 is 18.8 Å². The zero-order valence-electron chi connectivity index (χ0n) is 15.0. The predicted octanol–water partition coefficient (Wildman–Crippen LogP) is 1.69. The Hall–Kier alpha value is -2.94. The molecule has 1 aromatic carbocycles. The summed E-state index contributed by atoms with van der Waals surface area (Å²) in [5.74, 6) is 0.592. The van der Waals surface area contributed by atoms with E-state index < -0.39 is 0 Å². The highest BCUT2D eigenvalue weighted by molar-refractivity contribution is 5.99. The number of amides is 3. The number of ether oxygens (including phenoxy) is 1. The van der Waals surface area contributed by atoms with Gasteiger partial charge in [0.15, 0.2) is 5.82 Å². The molecule has 4 rings (SSSR count). The first kappa shape index (κ1) is 17.5. The van der Waals surface area contributed by atoms with Crippen LogP contribution in [0.15, 0.2) is 22.7 Å². The highest BCUT2D eigenvalue weighted by atomic mass is 16.5. The van der Waals surface area contributed by atoms with Gasteiger partial charge in [0.1, 0.15) is 6.10 Å². The molecule has 27 heavy (non-hydrogen) atoms. The van der Waals surface area contributed by atoms with Crippen molar-refractivity contribution in [2.24, 2.45) is 0 Å².